The van der Waals surface area contributed by atoms with Crippen LogP contribution in [0.25, 0.3) is 0 Å². The number of halogens is 2. The van der Waals surface area contributed by atoms with Crippen LogP contribution in [0.5, 0.6) is 0 Å². The molecule has 0 spiro atoms. The molecule has 88 valence electrons. The Balaban J connectivity index is 2.66. The molecule has 0 aliphatic carbocycles. The molecule has 1 unspecified atom stereocenters. The van der Waals surface area contributed by atoms with Crippen LogP contribution in [0.15, 0.2) is 22.7 Å². The van der Waals surface area contributed by atoms with Gasteiger partial charge < -0.3 is 10.4 Å². The lowest BCUT2D eigenvalue weighted by Crippen LogP contribution is -2.31. The molecule has 0 aliphatic rings. The van der Waals surface area contributed by atoms with Crippen LogP contribution in [-0.2, 0) is 0 Å². The number of hydrogen-bond acceptors (Lipinski definition) is 2. The molecule has 0 bridgehead atoms. The molecular formula is C11H13BrClNO2. The molecule has 2 N–H and O–H groups in total. The molecule has 1 aromatic carbocycles. The lowest BCUT2D eigenvalue weighted by molar-refractivity contribution is 0.0913. The number of hydrogen-bond donors (Lipinski definition) is 2. The van der Waals surface area contributed by atoms with Crippen LogP contribution in [0.4, 0.5) is 0 Å². The summed E-state index contributed by atoms with van der Waals surface area (Å²) in [5.74, 6) is -0.226. The fourth-order valence-electron chi connectivity index (χ4n) is 1.12. The van der Waals surface area contributed by atoms with Gasteiger partial charge in [-0.15, -0.1) is 0 Å². The van der Waals surface area contributed by atoms with E-state index in [1.165, 1.54) is 0 Å². The first-order valence-electron chi connectivity index (χ1n) is 4.96. The van der Waals surface area contributed by atoms with Crippen molar-refractivity contribution in [2.45, 2.75) is 19.4 Å². The number of rotatable bonds is 4. The number of aliphatic hydroxyl groups excluding tert-OH is 1. The zero-order valence-corrected chi connectivity index (χ0v) is 11.2. The first kappa shape index (κ1) is 13.5. The molecule has 0 saturated heterocycles. The van der Waals surface area contributed by atoms with Crippen molar-refractivity contribution in [3.8, 4) is 0 Å². The van der Waals surface area contributed by atoms with E-state index in [2.05, 4.69) is 21.2 Å². The molecule has 0 aliphatic heterocycles. The van der Waals surface area contributed by atoms with E-state index in [1.807, 2.05) is 6.92 Å². The predicted octanol–water partition coefficient (Wildman–Crippen LogP) is 2.60. The van der Waals surface area contributed by atoms with Crippen LogP contribution >= 0.6 is 27.5 Å². The molecule has 1 rings (SSSR count). The molecule has 16 heavy (non-hydrogen) atoms. The number of aliphatic hydroxyl groups is 1. The van der Waals surface area contributed by atoms with E-state index in [-0.39, 0.29) is 12.5 Å². The first-order valence-corrected chi connectivity index (χ1v) is 6.13. The maximum Gasteiger partial charge on any atom is 0.252 e. The van der Waals surface area contributed by atoms with Gasteiger partial charge >= 0.3 is 0 Å². The van der Waals surface area contributed by atoms with Gasteiger partial charge in [-0.1, -0.05) is 18.5 Å². The summed E-state index contributed by atoms with van der Waals surface area (Å²) < 4.78 is 0.642. The van der Waals surface area contributed by atoms with Gasteiger partial charge in [0.15, 0.2) is 0 Å². The van der Waals surface area contributed by atoms with Crippen LogP contribution in [0, 0.1) is 0 Å². The Kier molecular flexibility index (Phi) is 5.25. The number of carbonyl (C=O) groups is 1. The molecular weight excluding hydrogens is 293 g/mol. The maximum atomic E-state index is 11.7. The van der Waals surface area contributed by atoms with Crippen molar-refractivity contribution in [3.63, 3.8) is 0 Å². The monoisotopic (exact) mass is 305 g/mol. The highest BCUT2D eigenvalue weighted by Gasteiger charge is 2.11. The number of benzene rings is 1. The first-order chi connectivity index (χ1) is 7.54. The summed E-state index contributed by atoms with van der Waals surface area (Å²) in [4.78, 5) is 11.7. The van der Waals surface area contributed by atoms with Crippen LogP contribution in [0.3, 0.4) is 0 Å². The van der Waals surface area contributed by atoms with Gasteiger partial charge in [0.05, 0.1) is 11.7 Å². The smallest absolute Gasteiger partial charge is 0.252 e. The van der Waals surface area contributed by atoms with Crippen molar-refractivity contribution >= 4 is 33.4 Å². The lowest BCUT2D eigenvalue weighted by atomic mass is 10.2. The average Bonchev–Trinajstić information content (AvgIpc) is 2.25. The van der Waals surface area contributed by atoms with Crippen LogP contribution in [0.2, 0.25) is 5.02 Å². The normalized spacial score (nSPS) is 12.2. The highest BCUT2D eigenvalue weighted by Crippen LogP contribution is 2.21. The Morgan fingerprint density at radius 3 is 2.88 bits per heavy atom. The third-order valence-corrected chi connectivity index (χ3v) is 3.04. The number of carbonyl (C=O) groups excluding carboxylic acids is 1. The van der Waals surface area contributed by atoms with Crippen LogP contribution < -0.4 is 5.32 Å². The summed E-state index contributed by atoms with van der Waals surface area (Å²) in [5, 5.41) is 12.5. The molecule has 0 radical (unpaired) electrons. The molecule has 0 heterocycles. The highest BCUT2D eigenvalue weighted by molar-refractivity contribution is 9.10. The van der Waals surface area contributed by atoms with E-state index >= 15 is 0 Å². The Morgan fingerprint density at radius 2 is 2.31 bits per heavy atom. The topological polar surface area (TPSA) is 49.3 Å². The molecule has 0 saturated carbocycles. The van der Waals surface area contributed by atoms with Crippen molar-refractivity contribution in [2.75, 3.05) is 6.54 Å². The van der Waals surface area contributed by atoms with Gasteiger partial charge in [-0.2, -0.15) is 0 Å². The maximum absolute atomic E-state index is 11.7. The van der Waals surface area contributed by atoms with E-state index in [1.54, 1.807) is 18.2 Å². The lowest BCUT2D eigenvalue weighted by Gasteiger charge is -2.10. The summed E-state index contributed by atoms with van der Waals surface area (Å²) in [6, 6.07) is 4.95. The summed E-state index contributed by atoms with van der Waals surface area (Å²) in [7, 11) is 0. The van der Waals surface area contributed by atoms with Gasteiger partial charge in [0.25, 0.3) is 5.91 Å². The third-order valence-electron chi connectivity index (χ3n) is 2.15. The highest BCUT2D eigenvalue weighted by atomic mass is 79.9. The van der Waals surface area contributed by atoms with Crippen LogP contribution in [0.1, 0.15) is 23.7 Å². The summed E-state index contributed by atoms with van der Waals surface area (Å²) in [5.41, 5.74) is 0.507. The second-order valence-electron chi connectivity index (χ2n) is 3.40. The standard InChI is InChI=1S/C11H13BrClNO2/c1-2-8(15)6-14-11(16)9-4-3-7(13)5-10(9)12/h3-5,8,15H,2,6H2,1H3,(H,14,16). The summed E-state index contributed by atoms with van der Waals surface area (Å²) >= 11 is 9.03. The van der Waals surface area contributed by atoms with E-state index in [0.717, 1.165) is 0 Å². The minimum Gasteiger partial charge on any atom is -0.391 e. The Bertz CT molecular complexity index is 384. The molecule has 0 fully saturated rings. The van der Waals surface area contributed by atoms with Crippen molar-refractivity contribution in [1.29, 1.82) is 0 Å². The fraction of sp³-hybridized carbons (Fsp3) is 0.364. The SMILES string of the molecule is CCC(O)CNC(=O)c1ccc(Cl)cc1Br. The largest absolute Gasteiger partial charge is 0.391 e. The summed E-state index contributed by atoms with van der Waals surface area (Å²) in [6.45, 7) is 2.11. The molecule has 5 heteroatoms. The third kappa shape index (κ3) is 3.77. The van der Waals surface area contributed by atoms with Crippen molar-refractivity contribution in [2.24, 2.45) is 0 Å². The second kappa shape index (κ2) is 6.23. The quantitative estimate of drug-likeness (QED) is 0.898. The molecule has 1 atom stereocenters. The average molecular weight is 307 g/mol. The number of amides is 1. The Labute approximate surface area is 108 Å². The van der Waals surface area contributed by atoms with E-state index in [4.69, 9.17) is 11.6 Å². The van der Waals surface area contributed by atoms with Gasteiger partial charge in [-0.3, -0.25) is 4.79 Å². The van der Waals surface area contributed by atoms with Gasteiger partial charge in [0.1, 0.15) is 0 Å². The fourth-order valence-corrected chi connectivity index (χ4v) is 1.99. The zero-order chi connectivity index (χ0) is 12.1. The van der Waals surface area contributed by atoms with Crippen LogP contribution in [-0.4, -0.2) is 23.7 Å². The molecule has 1 amide bonds. The minimum atomic E-state index is -0.505. The van der Waals surface area contributed by atoms with E-state index < -0.39 is 6.10 Å². The minimum absolute atomic E-state index is 0.226. The van der Waals surface area contributed by atoms with Gasteiger partial charge in [-0.05, 0) is 40.5 Å². The van der Waals surface area contributed by atoms with Gasteiger partial charge in [0, 0.05) is 16.0 Å². The summed E-state index contributed by atoms with van der Waals surface area (Å²) in [6.07, 6.45) is 0.109. The van der Waals surface area contributed by atoms with Crippen molar-refractivity contribution in [1.82, 2.24) is 5.32 Å². The predicted molar refractivity (Wildman–Crippen MR) is 67.8 cm³/mol. The van der Waals surface area contributed by atoms with Gasteiger partial charge in [0.2, 0.25) is 0 Å². The van der Waals surface area contributed by atoms with Crippen molar-refractivity contribution in [3.05, 3.63) is 33.3 Å². The second-order valence-corrected chi connectivity index (χ2v) is 4.69. The van der Waals surface area contributed by atoms with E-state index in [9.17, 15) is 9.90 Å². The Hall–Kier alpha value is -0.580. The van der Waals surface area contributed by atoms with E-state index in [0.29, 0.717) is 21.5 Å². The molecule has 1 aromatic rings. The zero-order valence-electron chi connectivity index (χ0n) is 8.84. The van der Waals surface area contributed by atoms with Crippen molar-refractivity contribution < 1.29 is 9.90 Å². The van der Waals surface area contributed by atoms with Gasteiger partial charge in [-0.25, -0.2) is 0 Å². The Morgan fingerprint density at radius 1 is 1.62 bits per heavy atom. The molecule has 0 aromatic heterocycles. The number of nitrogens with one attached hydrogen (secondary N) is 1. The molecule has 3 nitrogen and oxygen atoms in total.